The summed E-state index contributed by atoms with van der Waals surface area (Å²) in [7, 11) is 0. The van der Waals surface area contributed by atoms with E-state index in [9.17, 15) is 19.3 Å². The predicted octanol–water partition coefficient (Wildman–Crippen LogP) is 1.19. The van der Waals surface area contributed by atoms with Crippen molar-refractivity contribution >= 4 is 11.7 Å². The van der Waals surface area contributed by atoms with Crippen LogP contribution in [-0.2, 0) is 0 Å². The van der Waals surface area contributed by atoms with Gasteiger partial charge < -0.3 is 14.9 Å². The van der Waals surface area contributed by atoms with Gasteiger partial charge in [0.25, 0.3) is 0 Å². The van der Waals surface area contributed by atoms with Crippen LogP contribution in [0, 0.1) is 15.9 Å². The number of hydrogen-bond donors (Lipinski definition) is 2. The molecule has 0 unspecified atom stereocenters. The number of hydrogen-bond acceptors (Lipinski definition) is 5. The lowest BCUT2D eigenvalue weighted by Gasteiger charge is -2.07. The number of halogens is 1. The Labute approximate surface area is 101 Å². The van der Waals surface area contributed by atoms with Gasteiger partial charge in [-0.3, -0.25) is 10.1 Å². The second-order valence-corrected chi connectivity index (χ2v) is 3.29. The number of benzene rings is 1. The fourth-order valence-electron chi connectivity index (χ4n) is 1.21. The molecule has 0 aromatic heterocycles. The standard InChI is InChI=1S/C10H10FNO6/c11-7-5-8(12(16)17)9(18-3-1-2-13)4-6(7)10(14)15/h4-5,13H,1-3H2,(H,14,15). The van der Waals surface area contributed by atoms with Gasteiger partial charge >= 0.3 is 11.7 Å². The molecular formula is C10H10FNO6. The maximum absolute atomic E-state index is 13.2. The van der Waals surface area contributed by atoms with E-state index in [4.69, 9.17) is 14.9 Å². The molecule has 98 valence electrons. The molecule has 7 nitrogen and oxygen atoms in total. The van der Waals surface area contributed by atoms with E-state index in [0.29, 0.717) is 6.07 Å². The average molecular weight is 259 g/mol. The van der Waals surface area contributed by atoms with Gasteiger partial charge in [0.2, 0.25) is 0 Å². The van der Waals surface area contributed by atoms with Crippen LogP contribution in [-0.4, -0.2) is 34.3 Å². The minimum Gasteiger partial charge on any atom is -0.487 e. The highest BCUT2D eigenvalue weighted by atomic mass is 19.1. The number of carboxylic acid groups (broad SMARTS) is 1. The number of nitrogens with zero attached hydrogens (tertiary/aromatic N) is 1. The number of carboxylic acids is 1. The van der Waals surface area contributed by atoms with E-state index in [1.807, 2.05) is 0 Å². The van der Waals surface area contributed by atoms with Crippen LogP contribution in [0.4, 0.5) is 10.1 Å². The minimum atomic E-state index is -1.55. The quantitative estimate of drug-likeness (QED) is 0.451. The second-order valence-electron chi connectivity index (χ2n) is 3.29. The zero-order valence-electron chi connectivity index (χ0n) is 9.13. The smallest absolute Gasteiger partial charge is 0.338 e. The number of carbonyl (C=O) groups is 1. The number of aromatic carboxylic acids is 1. The number of rotatable bonds is 6. The summed E-state index contributed by atoms with van der Waals surface area (Å²) in [6.07, 6.45) is 0.219. The molecule has 0 fully saturated rings. The largest absolute Gasteiger partial charge is 0.487 e. The van der Waals surface area contributed by atoms with Crippen molar-refractivity contribution in [1.82, 2.24) is 0 Å². The molecule has 0 heterocycles. The first kappa shape index (κ1) is 13.8. The molecule has 0 bridgehead atoms. The van der Waals surface area contributed by atoms with Crippen LogP contribution in [0.3, 0.4) is 0 Å². The molecule has 0 aliphatic heterocycles. The van der Waals surface area contributed by atoms with E-state index < -0.39 is 28.0 Å². The summed E-state index contributed by atoms with van der Waals surface area (Å²) in [5.74, 6) is -3.09. The van der Waals surface area contributed by atoms with E-state index >= 15 is 0 Å². The summed E-state index contributed by atoms with van der Waals surface area (Å²) in [6.45, 7) is -0.219. The molecule has 0 radical (unpaired) electrons. The van der Waals surface area contributed by atoms with Crippen LogP contribution in [0.5, 0.6) is 5.75 Å². The topological polar surface area (TPSA) is 110 Å². The summed E-state index contributed by atoms with van der Waals surface area (Å²) >= 11 is 0. The molecule has 0 amide bonds. The van der Waals surface area contributed by atoms with Crippen LogP contribution >= 0.6 is 0 Å². The Morgan fingerprint density at radius 2 is 2.17 bits per heavy atom. The molecular weight excluding hydrogens is 249 g/mol. The average Bonchev–Trinajstić information content (AvgIpc) is 2.30. The second kappa shape index (κ2) is 5.92. The fraction of sp³-hybridized carbons (Fsp3) is 0.300. The molecule has 18 heavy (non-hydrogen) atoms. The molecule has 0 saturated heterocycles. The van der Waals surface area contributed by atoms with Crippen molar-refractivity contribution in [3.05, 3.63) is 33.6 Å². The van der Waals surface area contributed by atoms with Gasteiger partial charge in [-0.05, 0) is 0 Å². The van der Waals surface area contributed by atoms with Crippen LogP contribution in [0.1, 0.15) is 16.8 Å². The first-order chi connectivity index (χ1) is 8.47. The molecule has 0 atom stereocenters. The van der Waals surface area contributed by atoms with E-state index in [1.165, 1.54) is 0 Å². The van der Waals surface area contributed by atoms with E-state index in [0.717, 1.165) is 6.07 Å². The molecule has 8 heteroatoms. The highest BCUT2D eigenvalue weighted by Gasteiger charge is 2.22. The Kier molecular flexibility index (Phi) is 4.55. The molecule has 0 aliphatic rings. The SMILES string of the molecule is O=C(O)c1cc(OCCCO)c([N+](=O)[O-])cc1F. The van der Waals surface area contributed by atoms with Crippen molar-refractivity contribution < 1.29 is 29.1 Å². The fourth-order valence-corrected chi connectivity index (χ4v) is 1.21. The Morgan fingerprint density at radius 3 is 2.67 bits per heavy atom. The van der Waals surface area contributed by atoms with Gasteiger partial charge in [0.15, 0.2) is 5.75 Å². The minimum absolute atomic E-state index is 0.0397. The van der Waals surface area contributed by atoms with Crippen molar-refractivity contribution in [1.29, 1.82) is 0 Å². The molecule has 1 aromatic rings. The monoisotopic (exact) mass is 259 g/mol. The zero-order chi connectivity index (χ0) is 13.7. The number of aliphatic hydroxyl groups is 1. The van der Waals surface area contributed by atoms with Crippen LogP contribution in [0.25, 0.3) is 0 Å². The first-order valence-corrected chi connectivity index (χ1v) is 4.92. The molecule has 2 N–H and O–H groups in total. The normalized spacial score (nSPS) is 10.1. The third-order valence-electron chi connectivity index (χ3n) is 2.04. The third kappa shape index (κ3) is 3.14. The Bertz CT molecular complexity index is 476. The Morgan fingerprint density at radius 1 is 1.50 bits per heavy atom. The van der Waals surface area contributed by atoms with Gasteiger partial charge in [-0.15, -0.1) is 0 Å². The van der Waals surface area contributed by atoms with Gasteiger partial charge in [-0.1, -0.05) is 0 Å². The van der Waals surface area contributed by atoms with Gasteiger partial charge in [0.1, 0.15) is 5.82 Å². The van der Waals surface area contributed by atoms with E-state index in [-0.39, 0.29) is 25.4 Å². The first-order valence-electron chi connectivity index (χ1n) is 4.92. The third-order valence-corrected chi connectivity index (χ3v) is 2.04. The molecule has 1 aromatic carbocycles. The van der Waals surface area contributed by atoms with Crippen LogP contribution < -0.4 is 4.74 Å². The summed E-state index contributed by atoms with van der Waals surface area (Å²) in [5, 5.41) is 27.9. The van der Waals surface area contributed by atoms with Crippen molar-refractivity contribution in [2.75, 3.05) is 13.2 Å². The predicted molar refractivity (Wildman–Crippen MR) is 57.2 cm³/mol. The van der Waals surface area contributed by atoms with Gasteiger partial charge in [-0.25, -0.2) is 9.18 Å². The summed E-state index contributed by atoms with van der Waals surface area (Å²) in [4.78, 5) is 20.5. The van der Waals surface area contributed by atoms with Crippen molar-refractivity contribution in [2.24, 2.45) is 0 Å². The number of ether oxygens (including phenoxy) is 1. The van der Waals surface area contributed by atoms with Crippen molar-refractivity contribution in [2.45, 2.75) is 6.42 Å². The van der Waals surface area contributed by atoms with Crippen LogP contribution in [0.2, 0.25) is 0 Å². The summed E-state index contributed by atoms with van der Waals surface area (Å²) in [6, 6.07) is 1.25. The lowest BCUT2D eigenvalue weighted by Crippen LogP contribution is -2.06. The lowest BCUT2D eigenvalue weighted by molar-refractivity contribution is -0.386. The van der Waals surface area contributed by atoms with Crippen molar-refractivity contribution in [3.8, 4) is 5.75 Å². The highest BCUT2D eigenvalue weighted by Crippen LogP contribution is 2.30. The molecule has 1 rings (SSSR count). The van der Waals surface area contributed by atoms with Gasteiger partial charge in [0, 0.05) is 19.1 Å². The van der Waals surface area contributed by atoms with E-state index in [2.05, 4.69) is 0 Å². The lowest BCUT2D eigenvalue weighted by atomic mass is 10.2. The Hall–Kier alpha value is -2.22. The van der Waals surface area contributed by atoms with Gasteiger partial charge in [-0.2, -0.15) is 0 Å². The molecule has 0 saturated carbocycles. The molecule has 0 aliphatic carbocycles. The Balaban J connectivity index is 3.14. The molecule has 0 spiro atoms. The number of nitro groups is 1. The van der Waals surface area contributed by atoms with E-state index in [1.54, 1.807) is 0 Å². The maximum atomic E-state index is 13.2. The summed E-state index contributed by atoms with van der Waals surface area (Å²) < 4.78 is 18.2. The van der Waals surface area contributed by atoms with Gasteiger partial charge in [0.05, 0.1) is 23.2 Å². The van der Waals surface area contributed by atoms with Crippen molar-refractivity contribution in [3.63, 3.8) is 0 Å². The zero-order valence-corrected chi connectivity index (χ0v) is 9.13. The van der Waals surface area contributed by atoms with Crippen LogP contribution in [0.15, 0.2) is 12.1 Å². The summed E-state index contributed by atoms with van der Waals surface area (Å²) in [5.41, 5.74) is -1.37. The highest BCUT2D eigenvalue weighted by molar-refractivity contribution is 5.89. The maximum Gasteiger partial charge on any atom is 0.338 e. The number of aliphatic hydroxyl groups excluding tert-OH is 1. The number of nitro benzene ring substituents is 1.